The van der Waals surface area contributed by atoms with E-state index >= 15 is 0 Å². The maximum Gasteiger partial charge on any atom is 0.190 e. The number of rotatable bonds is 7. The number of imidazole rings is 1. The molecule has 1 atom stereocenters. The maximum absolute atomic E-state index is 4.65. The summed E-state index contributed by atoms with van der Waals surface area (Å²) in [6.07, 6.45) is 3.64. The highest BCUT2D eigenvalue weighted by Gasteiger charge is 2.21. The first-order valence-corrected chi connectivity index (χ1v) is 10.7. The number of nitrogens with one attached hydrogen (secondary N) is 2. The van der Waals surface area contributed by atoms with Crippen molar-refractivity contribution < 1.29 is 0 Å². The fraction of sp³-hybridized carbons (Fsp3) is 0.636. The van der Waals surface area contributed by atoms with Crippen LogP contribution < -0.4 is 10.6 Å². The molecular weight excluding hydrogens is 348 g/mol. The highest BCUT2D eigenvalue weighted by Crippen LogP contribution is 2.18. The van der Waals surface area contributed by atoms with Crippen LogP contribution in [-0.4, -0.2) is 59.7 Å². The van der Waals surface area contributed by atoms with Crippen LogP contribution in [0.4, 0.5) is 0 Å². The molecule has 1 aromatic carbocycles. The lowest BCUT2D eigenvalue weighted by atomic mass is 9.97. The quantitative estimate of drug-likeness (QED) is 0.438. The lowest BCUT2D eigenvalue weighted by Crippen LogP contribution is -2.46. The molecule has 1 aliphatic rings. The van der Waals surface area contributed by atoms with Gasteiger partial charge in [0.1, 0.15) is 5.82 Å². The van der Waals surface area contributed by atoms with Crippen LogP contribution in [0.25, 0.3) is 11.0 Å². The lowest BCUT2D eigenvalue weighted by Gasteiger charge is -2.35. The number of nitrogens with zero attached hydrogens (tertiary/aromatic N) is 4. The summed E-state index contributed by atoms with van der Waals surface area (Å²) in [5, 5.41) is 6.99. The van der Waals surface area contributed by atoms with E-state index in [-0.39, 0.29) is 0 Å². The van der Waals surface area contributed by atoms with Crippen LogP contribution >= 0.6 is 0 Å². The molecule has 2 heterocycles. The van der Waals surface area contributed by atoms with Gasteiger partial charge in [-0.25, -0.2) is 4.98 Å². The summed E-state index contributed by atoms with van der Waals surface area (Å²) >= 11 is 0. The topological polar surface area (TPSA) is 57.5 Å². The van der Waals surface area contributed by atoms with Gasteiger partial charge in [0.15, 0.2) is 5.96 Å². The zero-order valence-electron chi connectivity index (χ0n) is 17.9. The van der Waals surface area contributed by atoms with Crippen LogP contribution in [-0.2, 0) is 6.54 Å². The zero-order chi connectivity index (χ0) is 19.9. The molecule has 0 bridgehead atoms. The summed E-state index contributed by atoms with van der Waals surface area (Å²) in [5.74, 6) is 2.69. The van der Waals surface area contributed by atoms with Crippen LogP contribution in [0.2, 0.25) is 0 Å². The van der Waals surface area contributed by atoms with Gasteiger partial charge in [0.05, 0.1) is 11.0 Å². The zero-order valence-corrected chi connectivity index (χ0v) is 17.9. The maximum atomic E-state index is 4.65. The van der Waals surface area contributed by atoms with E-state index < -0.39 is 0 Å². The van der Waals surface area contributed by atoms with Crippen LogP contribution in [0, 0.1) is 12.8 Å². The normalized spacial score (nSPS) is 18.8. The first-order chi connectivity index (χ1) is 13.6. The van der Waals surface area contributed by atoms with Crippen molar-refractivity contribution in [3.05, 3.63) is 30.1 Å². The van der Waals surface area contributed by atoms with E-state index in [0.29, 0.717) is 12.0 Å². The number of aromatic nitrogens is 2. The summed E-state index contributed by atoms with van der Waals surface area (Å²) in [7, 11) is 1.85. The second kappa shape index (κ2) is 9.92. The fourth-order valence-corrected chi connectivity index (χ4v) is 4.12. The molecular formula is C22H36N6. The molecule has 1 fully saturated rings. The second-order valence-electron chi connectivity index (χ2n) is 8.13. The second-order valence-corrected chi connectivity index (χ2v) is 8.13. The Morgan fingerprint density at radius 2 is 2.11 bits per heavy atom. The van der Waals surface area contributed by atoms with Crippen molar-refractivity contribution >= 4 is 17.0 Å². The summed E-state index contributed by atoms with van der Waals surface area (Å²) in [6, 6.07) is 8.99. The molecule has 3 rings (SSSR count). The van der Waals surface area contributed by atoms with Gasteiger partial charge in [-0.3, -0.25) is 4.99 Å². The predicted molar refractivity (Wildman–Crippen MR) is 118 cm³/mol. The van der Waals surface area contributed by atoms with Gasteiger partial charge in [-0.2, -0.15) is 0 Å². The molecule has 0 spiro atoms. The number of hydrogen-bond acceptors (Lipinski definition) is 3. The van der Waals surface area contributed by atoms with Crippen molar-refractivity contribution in [2.75, 3.05) is 33.2 Å². The standard InChI is InChI=1S/C22H36N6/c1-17(2)27-13-7-9-19(16-27)15-25-22(23-4)24-12-8-14-28-18(3)26-20-10-5-6-11-21(20)28/h5-6,10-11,17,19H,7-9,12-16H2,1-4H3,(H2,23,24,25). The summed E-state index contributed by atoms with van der Waals surface area (Å²) in [4.78, 5) is 11.6. The van der Waals surface area contributed by atoms with Crippen molar-refractivity contribution in [3.63, 3.8) is 0 Å². The predicted octanol–water partition coefficient (Wildman–Crippen LogP) is 3.02. The summed E-state index contributed by atoms with van der Waals surface area (Å²) < 4.78 is 2.30. The van der Waals surface area contributed by atoms with Gasteiger partial charge in [0.2, 0.25) is 0 Å². The Hall–Kier alpha value is -2.08. The van der Waals surface area contributed by atoms with Crippen molar-refractivity contribution in [1.29, 1.82) is 0 Å². The van der Waals surface area contributed by atoms with Crippen molar-refractivity contribution in [1.82, 2.24) is 25.1 Å². The van der Waals surface area contributed by atoms with Crippen LogP contribution in [0.1, 0.15) is 38.9 Å². The van der Waals surface area contributed by atoms with E-state index in [4.69, 9.17) is 0 Å². The van der Waals surface area contributed by atoms with E-state index in [1.807, 2.05) is 13.1 Å². The van der Waals surface area contributed by atoms with Gasteiger partial charge in [0, 0.05) is 39.3 Å². The smallest absolute Gasteiger partial charge is 0.190 e. The Kier molecular flexibility index (Phi) is 7.31. The molecule has 0 aliphatic carbocycles. The molecule has 28 heavy (non-hydrogen) atoms. The number of likely N-dealkylation sites (tertiary alicyclic amines) is 1. The largest absolute Gasteiger partial charge is 0.356 e. The third-order valence-electron chi connectivity index (χ3n) is 5.76. The van der Waals surface area contributed by atoms with Crippen molar-refractivity contribution in [2.24, 2.45) is 10.9 Å². The van der Waals surface area contributed by atoms with Gasteiger partial charge < -0.3 is 20.1 Å². The van der Waals surface area contributed by atoms with Gasteiger partial charge >= 0.3 is 0 Å². The number of guanidine groups is 1. The molecule has 1 saturated heterocycles. The number of aliphatic imine (C=N–C) groups is 1. The first-order valence-electron chi connectivity index (χ1n) is 10.7. The van der Waals surface area contributed by atoms with Crippen LogP contribution in [0.15, 0.2) is 29.3 Å². The van der Waals surface area contributed by atoms with E-state index in [0.717, 1.165) is 43.4 Å². The Bertz CT molecular complexity index is 778. The van der Waals surface area contributed by atoms with Crippen LogP contribution in [0.3, 0.4) is 0 Å². The molecule has 2 N–H and O–H groups in total. The van der Waals surface area contributed by atoms with Gasteiger partial charge in [-0.15, -0.1) is 0 Å². The molecule has 1 unspecified atom stereocenters. The molecule has 6 nitrogen and oxygen atoms in total. The summed E-state index contributed by atoms with van der Waals surface area (Å²) in [5.41, 5.74) is 2.29. The van der Waals surface area contributed by atoms with E-state index in [1.54, 1.807) is 0 Å². The van der Waals surface area contributed by atoms with Gasteiger partial charge in [-0.1, -0.05) is 12.1 Å². The Labute approximate surface area is 169 Å². The molecule has 2 aromatic rings. The van der Waals surface area contributed by atoms with Gasteiger partial charge in [0.25, 0.3) is 0 Å². The first kappa shape index (κ1) is 20.6. The molecule has 154 valence electrons. The average Bonchev–Trinajstić information content (AvgIpc) is 3.02. The minimum absolute atomic E-state index is 0.642. The van der Waals surface area contributed by atoms with Gasteiger partial charge in [-0.05, 0) is 64.6 Å². The number of hydrogen-bond donors (Lipinski definition) is 2. The fourth-order valence-electron chi connectivity index (χ4n) is 4.12. The molecule has 1 aromatic heterocycles. The van der Waals surface area contributed by atoms with E-state index in [2.05, 4.69) is 69.0 Å². The SMILES string of the molecule is CN=C(NCCCn1c(C)nc2ccccc21)NCC1CCCN(C(C)C)C1. The van der Waals surface area contributed by atoms with Crippen molar-refractivity contribution in [3.8, 4) is 0 Å². The third-order valence-corrected chi connectivity index (χ3v) is 5.76. The minimum atomic E-state index is 0.642. The number of aryl methyl sites for hydroxylation is 2. The molecule has 6 heteroatoms. The average molecular weight is 385 g/mol. The molecule has 0 radical (unpaired) electrons. The number of para-hydroxylation sites is 2. The highest BCUT2D eigenvalue weighted by molar-refractivity contribution is 5.79. The number of benzene rings is 1. The number of fused-ring (bicyclic) bond motifs is 1. The van der Waals surface area contributed by atoms with Crippen molar-refractivity contribution in [2.45, 2.75) is 52.6 Å². The Morgan fingerprint density at radius 1 is 1.29 bits per heavy atom. The number of piperidine rings is 1. The minimum Gasteiger partial charge on any atom is -0.356 e. The monoisotopic (exact) mass is 384 g/mol. The summed E-state index contributed by atoms with van der Waals surface area (Å²) in [6.45, 7) is 11.9. The highest BCUT2D eigenvalue weighted by atomic mass is 15.2. The lowest BCUT2D eigenvalue weighted by molar-refractivity contribution is 0.141. The molecule has 0 amide bonds. The molecule has 0 saturated carbocycles. The Balaban J connectivity index is 1.41. The Morgan fingerprint density at radius 3 is 2.89 bits per heavy atom. The van der Waals surface area contributed by atoms with E-state index in [9.17, 15) is 0 Å². The van der Waals surface area contributed by atoms with E-state index in [1.165, 1.54) is 31.4 Å². The third kappa shape index (κ3) is 5.25. The van der Waals surface area contributed by atoms with Crippen LogP contribution in [0.5, 0.6) is 0 Å². The molecule has 1 aliphatic heterocycles.